The highest BCUT2D eigenvalue weighted by Crippen LogP contribution is 2.33. The molecule has 0 amide bonds. The summed E-state index contributed by atoms with van der Waals surface area (Å²) in [5.74, 6) is 0.608. The van der Waals surface area contributed by atoms with Gasteiger partial charge in [-0.25, -0.2) is 0 Å². The van der Waals surface area contributed by atoms with E-state index in [-0.39, 0.29) is 18.2 Å². The molecule has 1 N–H and O–H groups in total. The van der Waals surface area contributed by atoms with Crippen molar-refractivity contribution in [3.05, 3.63) is 64.2 Å². The molecule has 0 spiro atoms. The number of ether oxygens (including phenoxy) is 1. The molecule has 0 saturated heterocycles. The van der Waals surface area contributed by atoms with E-state index in [1.807, 2.05) is 13.0 Å². The topological polar surface area (TPSA) is 32.7 Å². The van der Waals surface area contributed by atoms with E-state index in [0.29, 0.717) is 42.9 Å². The van der Waals surface area contributed by atoms with Gasteiger partial charge in [0.2, 0.25) is 0 Å². The molecule has 3 atom stereocenters. The second-order valence-corrected chi connectivity index (χ2v) is 9.26. The minimum absolute atomic E-state index is 0.157. The molecule has 1 aliphatic carbocycles. The molecule has 2 aromatic rings. The van der Waals surface area contributed by atoms with E-state index < -0.39 is 36.6 Å². The van der Waals surface area contributed by atoms with Crippen LogP contribution in [-0.2, 0) is 19.1 Å². The first kappa shape index (κ1) is 27.6. The number of halogens is 7. The second-order valence-electron chi connectivity index (χ2n) is 8.85. The minimum Gasteiger partial charge on any atom is -0.490 e. The zero-order valence-corrected chi connectivity index (χ0v) is 19.9. The van der Waals surface area contributed by atoms with Crippen LogP contribution in [0.15, 0.2) is 42.5 Å². The van der Waals surface area contributed by atoms with E-state index in [4.69, 9.17) is 16.3 Å². The number of hydrogen-bond acceptors (Lipinski definition) is 3. The van der Waals surface area contributed by atoms with Crippen LogP contribution in [-0.4, -0.2) is 41.0 Å². The molecule has 0 heterocycles. The third-order valence-corrected chi connectivity index (χ3v) is 6.61. The van der Waals surface area contributed by atoms with Crippen LogP contribution < -0.4 is 4.74 Å². The van der Waals surface area contributed by atoms with Gasteiger partial charge in [-0.2, -0.15) is 26.3 Å². The summed E-state index contributed by atoms with van der Waals surface area (Å²) >= 11 is 6.16. The van der Waals surface area contributed by atoms with Crippen molar-refractivity contribution in [3.8, 4) is 5.75 Å². The number of aliphatic hydroxyl groups is 1. The van der Waals surface area contributed by atoms with Crippen molar-refractivity contribution in [3.63, 3.8) is 0 Å². The van der Waals surface area contributed by atoms with Crippen molar-refractivity contribution in [2.75, 3.05) is 6.54 Å². The number of benzene rings is 2. The number of alkyl halides is 6. The number of nitrogens with zero attached hydrogens (tertiary/aromatic N) is 1. The van der Waals surface area contributed by atoms with Crippen molar-refractivity contribution >= 4 is 11.6 Å². The average Bonchev–Trinajstić information content (AvgIpc) is 2.79. The summed E-state index contributed by atoms with van der Waals surface area (Å²) in [6.07, 6.45) is -9.29. The van der Waals surface area contributed by atoms with E-state index in [9.17, 15) is 31.4 Å². The van der Waals surface area contributed by atoms with Gasteiger partial charge in [-0.1, -0.05) is 36.7 Å². The van der Waals surface area contributed by atoms with Crippen LogP contribution in [0.1, 0.15) is 49.3 Å². The van der Waals surface area contributed by atoms with Gasteiger partial charge in [0.15, 0.2) is 6.10 Å². The molecule has 1 aliphatic rings. The largest absolute Gasteiger partial charge is 0.490 e. The van der Waals surface area contributed by atoms with E-state index >= 15 is 0 Å². The molecule has 2 aromatic carbocycles. The van der Waals surface area contributed by atoms with Crippen LogP contribution in [0.3, 0.4) is 0 Å². The molecule has 0 aliphatic heterocycles. The predicted molar refractivity (Wildman–Crippen MR) is 121 cm³/mol. The number of aryl methyl sites for hydroxylation is 1. The van der Waals surface area contributed by atoms with Crippen molar-refractivity contribution in [2.24, 2.45) is 0 Å². The van der Waals surface area contributed by atoms with E-state index in [1.165, 1.54) is 17.0 Å². The van der Waals surface area contributed by atoms with Crippen LogP contribution in [0.5, 0.6) is 5.75 Å². The predicted octanol–water partition coefficient (Wildman–Crippen LogP) is 7.04. The van der Waals surface area contributed by atoms with Gasteiger partial charge in [-0.3, -0.25) is 4.90 Å². The first-order valence-electron chi connectivity index (χ1n) is 11.5. The van der Waals surface area contributed by atoms with Crippen LogP contribution in [0.4, 0.5) is 26.3 Å². The fourth-order valence-electron chi connectivity index (χ4n) is 4.40. The summed E-state index contributed by atoms with van der Waals surface area (Å²) in [5.41, 5.74) is 0.268. The lowest BCUT2D eigenvalue weighted by molar-refractivity contribution is -0.210. The van der Waals surface area contributed by atoms with Crippen LogP contribution >= 0.6 is 11.6 Å². The quantitative estimate of drug-likeness (QED) is 0.377. The molecular formula is C25H28ClF6NO2. The number of aliphatic hydroxyl groups excluding tert-OH is 1. The average molecular weight is 524 g/mol. The van der Waals surface area contributed by atoms with Crippen LogP contribution in [0, 0.1) is 0 Å². The Labute approximate surface area is 205 Å². The molecule has 0 bridgehead atoms. The molecule has 0 radical (unpaired) electrons. The van der Waals surface area contributed by atoms with Crippen molar-refractivity contribution in [1.82, 2.24) is 4.90 Å². The van der Waals surface area contributed by atoms with Crippen LogP contribution in [0.25, 0.3) is 0 Å². The van der Waals surface area contributed by atoms with Gasteiger partial charge >= 0.3 is 12.4 Å². The monoisotopic (exact) mass is 523 g/mol. The Bertz CT molecular complexity index is 981. The lowest BCUT2D eigenvalue weighted by atomic mass is 9.91. The highest BCUT2D eigenvalue weighted by Gasteiger charge is 2.41. The summed E-state index contributed by atoms with van der Waals surface area (Å²) < 4.78 is 84.9. The summed E-state index contributed by atoms with van der Waals surface area (Å²) in [6.45, 7) is 1.06. The summed E-state index contributed by atoms with van der Waals surface area (Å²) in [5, 5.41) is 10.4. The fraction of sp³-hybridized carbons (Fsp3) is 0.520. The number of rotatable bonds is 8. The molecule has 35 heavy (non-hydrogen) atoms. The SMILES string of the molecule is CCc1cc(OC2CCCC(N(Cc3cccc(C(F)(F)F)c3)CC(O)C(F)(F)F)C2)ccc1Cl. The second kappa shape index (κ2) is 11.4. The Kier molecular flexibility index (Phi) is 8.99. The minimum atomic E-state index is -4.84. The van der Waals surface area contributed by atoms with Crippen molar-refractivity contribution < 1.29 is 36.2 Å². The highest BCUT2D eigenvalue weighted by molar-refractivity contribution is 6.31. The third-order valence-electron chi connectivity index (χ3n) is 6.24. The summed E-state index contributed by atoms with van der Waals surface area (Å²) in [4.78, 5) is 1.42. The molecule has 3 rings (SSSR count). The Morgan fingerprint density at radius 2 is 1.83 bits per heavy atom. The Balaban J connectivity index is 1.78. The fourth-order valence-corrected chi connectivity index (χ4v) is 4.65. The molecule has 194 valence electrons. The summed E-state index contributed by atoms with van der Waals surface area (Å²) in [6, 6.07) is 9.42. The van der Waals surface area contributed by atoms with Gasteiger partial charge in [-0.05, 0) is 67.5 Å². The number of hydrogen-bond donors (Lipinski definition) is 1. The molecule has 10 heteroatoms. The first-order chi connectivity index (χ1) is 16.4. The maximum absolute atomic E-state index is 13.1. The Morgan fingerprint density at radius 1 is 1.09 bits per heavy atom. The molecule has 3 nitrogen and oxygen atoms in total. The molecular weight excluding hydrogens is 496 g/mol. The van der Waals surface area contributed by atoms with E-state index in [1.54, 1.807) is 12.1 Å². The van der Waals surface area contributed by atoms with Gasteiger partial charge in [0.25, 0.3) is 0 Å². The third kappa shape index (κ3) is 7.75. The maximum Gasteiger partial charge on any atom is 0.416 e. The van der Waals surface area contributed by atoms with Gasteiger partial charge < -0.3 is 9.84 Å². The first-order valence-corrected chi connectivity index (χ1v) is 11.8. The molecule has 3 unspecified atom stereocenters. The summed E-state index contributed by atoms with van der Waals surface area (Å²) in [7, 11) is 0. The van der Waals surface area contributed by atoms with Crippen molar-refractivity contribution in [2.45, 2.75) is 76.2 Å². The normalized spacial score (nSPS) is 20.2. The Hall–Kier alpha value is -1.97. The zero-order chi connectivity index (χ0) is 25.8. The van der Waals surface area contributed by atoms with Crippen molar-refractivity contribution in [1.29, 1.82) is 0 Å². The standard InChI is InChI=1S/C25H28ClF6NO2/c1-2-17-12-21(9-10-22(17)26)35-20-8-4-7-19(13-20)33(15-23(34)25(30,31)32)14-16-5-3-6-18(11-16)24(27,28)29/h3,5-6,9-12,19-20,23,34H,2,4,7-8,13-15H2,1H3. The van der Waals surface area contributed by atoms with Gasteiger partial charge in [-0.15, -0.1) is 0 Å². The van der Waals surface area contributed by atoms with E-state index in [0.717, 1.165) is 17.7 Å². The van der Waals surface area contributed by atoms with Crippen LogP contribution in [0.2, 0.25) is 5.02 Å². The molecule has 1 fully saturated rings. The molecule has 0 aromatic heterocycles. The van der Waals surface area contributed by atoms with Gasteiger partial charge in [0.1, 0.15) is 11.9 Å². The maximum atomic E-state index is 13.1. The smallest absolute Gasteiger partial charge is 0.416 e. The van der Waals surface area contributed by atoms with E-state index in [2.05, 4.69) is 0 Å². The Morgan fingerprint density at radius 3 is 2.49 bits per heavy atom. The highest BCUT2D eigenvalue weighted by atomic mass is 35.5. The zero-order valence-electron chi connectivity index (χ0n) is 19.2. The van der Waals surface area contributed by atoms with Gasteiger partial charge in [0.05, 0.1) is 5.56 Å². The lowest BCUT2D eigenvalue weighted by Gasteiger charge is -2.38. The molecule has 1 saturated carbocycles. The van der Waals surface area contributed by atoms with Gasteiger partial charge in [0, 0.05) is 24.2 Å². The lowest BCUT2D eigenvalue weighted by Crippen LogP contribution is -2.47.